The van der Waals surface area contributed by atoms with Gasteiger partial charge >= 0.3 is 0 Å². The lowest BCUT2D eigenvalue weighted by molar-refractivity contribution is 0.810. The summed E-state index contributed by atoms with van der Waals surface area (Å²) >= 11 is 5.20. The van der Waals surface area contributed by atoms with E-state index in [0.29, 0.717) is 4.99 Å². The predicted octanol–water partition coefficient (Wildman–Crippen LogP) is 3.01. The number of hydrogen-bond acceptors (Lipinski definition) is 3. The van der Waals surface area contributed by atoms with E-state index in [0.717, 1.165) is 40.8 Å². The van der Waals surface area contributed by atoms with Crippen molar-refractivity contribution in [1.82, 2.24) is 14.5 Å². The molecule has 0 bridgehead atoms. The molecule has 0 atom stereocenters. The lowest BCUT2D eigenvalue weighted by Crippen LogP contribution is -2.15. The van der Waals surface area contributed by atoms with Gasteiger partial charge in [0.25, 0.3) is 0 Å². The maximum absolute atomic E-state index is 5.89. The van der Waals surface area contributed by atoms with Crippen molar-refractivity contribution in [3.8, 4) is 5.69 Å². The number of pyridine rings is 1. The van der Waals surface area contributed by atoms with E-state index in [1.807, 2.05) is 36.7 Å². The molecular weight excluding hydrogens is 280 g/mol. The summed E-state index contributed by atoms with van der Waals surface area (Å²) in [5.41, 5.74) is 8.56. The Bertz CT molecular complexity index is 807. The number of rotatable bonds is 4. The van der Waals surface area contributed by atoms with Gasteiger partial charge in [-0.2, -0.15) is 0 Å². The summed E-state index contributed by atoms with van der Waals surface area (Å²) in [5, 5.41) is 1.03. The normalized spacial score (nSPS) is 10.9. The first-order valence-electron chi connectivity index (χ1n) is 6.92. The van der Waals surface area contributed by atoms with Crippen LogP contribution in [0.4, 0.5) is 0 Å². The Kier molecular flexibility index (Phi) is 3.66. The highest BCUT2D eigenvalue weighted by Crippen LogP contribution is 2.26. The third kappa shape index (κ3) is 2.40. The van der Waals surface area contributed by atoms with Crippen LogP contribution in [0.25, 0.3) is 16.6 Å². The van der Waals surface area contributed by atoms with Crippen LogP contribution in [0.3, 0.4) is 0 Å². The number of benzene rings is 1. The van der Waals surface area contributed by atoms with Gasteiger partial charge in [-0.15, -0.1) is 0 Å². The van der Waals surface area contributed by atoms with E-state index in [4.69, 9.17) is 18.0 Å². The summed E-state index contributed by atoms with van der Waals surface area (Å²) in [6.07, 6.45) is 7.44. The summed E-state index contributed by atoms with van der Waals surface area (Å²) in [4.78, 5) is 9.24. The van der Waals surface area contributed by atoms with Crippen LogP contribution in [0, 0.1) is 0 Å². The van der Waals surface area contributed by atoms with Crippen molar-refractivity contribution in [3.63, 3.8) is 0 Å². The number of thiocarbonyl (C=S) groups is 1. The Labute approximate surface area is 128 Å². The minimum atomic E-state index is 0.347. The summed E-state index contributed by atoms with van der Waals surface area (Å²) < 4.78 is 2.07. The number of para-hydroxylation sites is 1. The van der Waals surface area contributed by atoms with Gasteiger partial charge in [0, 0.05) is 30.4 Å². The number of nitrogens with two attached hydrogens (primary N) is 1. The van der Waals surface area contributed by atoms with E-state index < -0.39 is 0 Å². The molecule has 0 aliphatic carbocycles. The Balaban J connectivity index is 2.35. The van der Waals surface area contributed by atoms with Crippen LogP contribution in [-0.4, -0.2) is 19.5 Å². The molecular formula is C16H16N4S. The molecule has 0 aliphatic heterocycles. The highest BCUT2D eigenvalue weighted by Gasteiger charge is 2.15. The van der Waals surface area contributed by atoms with E-state index >= 15 is 0 Å². The van der Waals surface area contributed by atoms with Gasteiger partial charge in [-0.1, -0.05) is 37.3 Å². The van der Waals surface area contributed by atoms with Crippen molar-refractivity contribution in [2.45, 2.75) is 19.8 Å². The zero-order valence-electron chi connectivity index (χ0n) is 11.8. The summed E-state index contributed by atoms with van der Waals surface area (Å²) in [7, 11) is 0. The fraction of sp³-hybridized carbons (Fsp3) is 0.188. The molecule has 2 heterocycles. The maximum atomic E-state index is 5.89. The second-order valence-electron chi connectivity index (χ2n) is 4.87. The van der Waals surface area contributed by atoms with E-state index in [2.05, 4.69) is 21.5 Å². The Morgan fingerprint density at radius 3 is 2.86 bits per heavy atom. The number of aromatic nitrogens is 3. The lowest BCUT2D eigenvalue weighted by atomic mass is 10.1. The lowest BCUT2D eigenvalue weighted by Gasteiger charge is -2.14. The minimum Gasteiger partial charge on any atom is -0.389 e. The predicted molar refractivity (Wildman–Crippen MR) is 88.7 cm³/mol. The quantitative estimate of drug-likeness (QED) is 0.752. The highest BCUT2D eigenvalue weighted by molar-refractivity contribution is 7.80. The molecule has 106 valence electrons. The first kappa shape index (κ1) is 13.7. The molecule has 0 spiro atoms. The van der Waals surface area contributed by atoms with Crippen molar-refractivity contribution < 1.29 is 0 Å². The third-order valence-electron chi connectivity index (χ3n) is 3.44. The number of aryl methyl sites for hydroxylation is 1. The zero-order valence-corrected chi connectivity index (χ0v) is 12.6. The number of fused-ring (bicyclic) bond motifs is 1. The number of imidazole rings is 1. The number of nitrogens with zero attached hydrogens (tertiary/aromatic N) is 3. The Hall–Kier alpha value is -2.27. The molecule has 4 nitrogen and oxygen atoms in total. The first-order valence-corrected chi connectivity index (χ1v) is 7.33. The van der Waals surface area contributed by atoms with Crippen molar-refractivity contribution in [1.29, 1.82) is 0 Å². The molecule has 0 amide bonds. The van der Waals surface area contributed by atoms with E-state index in [-0.39, 0.29) is 0 Å². The summed E-state index contributed by atoms with van der Waals surface area (Å²) in [5.74, 6) is 1.01. The molecule has 2 N–H and O–H groups in total. The first-order chi connectivity index (χ1) is 10.2. The fourth-order valence-electron chi connectivity index (χ4n) is 2.51. The van der Waals surface area contributed by atoms with Crippen LogP contribution in [0.2, 0.25) is 0 Å². The van der Waals surface area contributed by atoms with Gasteiger partial charge in [0.15, 0.2) is 0 Å². The summed E-state index contributed by atoms with van der Waals surface area (Å²) in [6.45, 7) is 2.14. The average molecular weight is 296 g/mol. The molecule has 2 aromatic heterocycles. The molecule has 0 fully saturated rings. The van der Waals surface area contributed by atoms with Crippen LogP contribution in [0.1, 0.15) is 24.7 Å². The van der Waals surface area contributed by atoms with Crippen molar-refractivity contribution in [2.75, 3.05) is 0 Å². The Morgan fingerprint density at radius 1 is 1.29 bits per heavy atom. The number of hydrogen-bond donors (Lipinski definition) is 1. The van der Waals surface area contributed by atoms with Gasteiger partial charge in [0.2, 0.25) is 0 Å². The van der Waals surface area contributed by atoms with Crippen molar-refractivity contribution in [2.24, 2.45) is 5.73 Å². The molecule has 3 rings (SSSR count). The zero-order chi connectivity index (χ0) is 14.8. The van der Waals surface area contributed by atoms with E-state index in [9.17, 15) is 0 Å². The molecule has 21 heavy (non-hydrogen) atoms. The molecule has 0 saturated heterocycles. The van der Waals surface area contributed by atoms with Crippen LogP contribution < -0.4 is 5.73 Å². The topological polar surface area (TPSA) is 56.7 Å². The molecule has 0 aliphatic rings. The molecule has 0 unspecified atom stereocenters. The smallest absolute Gasteiger partial charge is 0.113 e. The molecule has 1 aromatic carbocycles. The van der Waals surface area contributed by atoms with Gasteiger partial charge in [0.05, 0.1) is 16.8 Å². The minimum absolute atomic E-state index is 0.347. The molecule has 0 saturated carbocycles. The summed E-state index contributed by atoms with van der Waals surface area (Å²) in [6, 6.07) is 7.99. The van der Waals surface area contributed by atoms with E-state index in [1.54, 1.807) is 6.20 Å². The van der Waals surface area contributed by atoms with Crippen LogP contribution in [-0.2, 0) is 6.42 Å². The largest absolute Gasteiger partial charge is 0.389 e. The van der Waals surface area contributed by atoms with E-state index in [1.165, 1.54) is 0 Å². The average Bonchev–Trinajstić information content (AvgIpc) is 2.94. The SMILES string of the molecule is CCCc1nccn1-c1c(C(N)=S)cnc2ccccc12. The maximum Gasteiger partial charge on any atom is 0.113 e. The third-order valence-corrected chi connectivity index (χ3v) is 3.66. The Morgan fingerprint density at radius 2 is 2.10 bits per heavy atom. The van der Waals surface area contributed by atoms with Gasteiger partial charge in [-0.3, -0.25) is 4.98 Å². The highest BCUT2D eigenvalue weighted by atomic mass is 32.1. The van der Waals surface area contributed by atoms with Gasteiger partial charge < -0.3 is 10.3 Å². The second-order valence-corrected chi connectivity index (χ2v) is 5.31. The van der Waals surface area contributed by atoms with Crippen LogP contribution >= 0.6 is 12.2 Å². The van der Waals surface area contributed by atoms with Crippen LogP contribution in [0.5, 0.6) is 0 Å². The van der Waals surface area contributed by atoms with Crippen LogP contribution in [0.15, 0.2) is 42.9 Å². The second kappa shape index (κ2) is 5.61. The van der Waals surface area contributed by atoms with Crippen molar-refractivity contribution >= 4 is 28.1 Å². The van der Waals surface area contributed by atoms with Crippen molar-refractivity contribution in [3.05, 3.63) is 54.2 Å². The fourth-order valence-corrected chi connectivity index (χ4v) is 2.66. The van der Waals surface area contributed by atoms with Gasteiger partial charge in [0.1, 0.15) is 10.8 Å². The molecule has 5 heteroatoms. The monoisotopic (exact) mass is 296 g/mol. The van der Waals surface area contributed by atoms with Gasteiger partial charge in [-0.05, 0) is 12.5 Å². The molecule has 3 aromatic rings. The molecule has 0 radical (unpaired) electrons. The standard InChI is InChI=1S/C16H16N4S/c1-2-5-14-18-8-9-20(14)15-11-6-3-4-7-13(11)19-10-12(15)16(17)21/h3-4,6-10H,2,5H2,1H3,(H2,17,21). The van der Waals surface area contributed by atoms with Gasteiger partial charge in [-0.25, -0.2) is 4.98 Å².